The van der Waals surface area contributed by atoms with Crippen LogP contribution >= 0.6 is 0 Å². The molecule has 0 aliphatic heterocycles. The van der Waals surface area contributed by atoms with E-state index in [1.165, 1.54) is 32.1 Å². The van der Waals surface area contributed by atoms with Crippen molar-refractivity contribution in [3.05, 3.63) is 0 Å². The van der Waals surface area contributed by atoms with Crippen molar-refractivity contribution in [2.24, 2.45) is 11.3 Å². The van der Waals surface area contributed by atoms with Gasteiger partial charge >= 0.3 is 0 Å². The Morgan fingerprint density at radius 2 is 1.93 bits per heavy atom. The van der Waals surface area contributed by atoms with E-state index in [2.05, 4.69) is 34.6 Å². The van der Waals surface area contributed by atoms with Gasteiger partial charge in [0.15, 0.2) is 0 Å². The predicted molar refractivity (Wildman–Crippen MR) is 66.1 cm³/mol. The summed E-state index contributed by atoms with van der Waals surface area (Å²) in [5.74, 6) is 0.899. The highest BCUT2D eigenvalue weighted by molar-refractivity contribution is 4.79. The van der Waals surface area contributed by atoms with E-state index in [4.69, 9.17) is 4.74 Å². The van der Waals surface area contributed by atoms with Crippen molar-refractivity contribution in [1.82, 2.24) is 0 Å². The highest BCUT2D eigenvalue weighted by Crippen LogP contribution is 2.39. The fourth-order valence-electron chi connectivity index (χ4n) is 2.63. The fourth-order valence-corrected chi connectivity index (χ4v) is 2.63. The molecule has 0 N–H and O–H groups in total. The Bertz CT molecular complexity index is 188. The third kappa shape index (κ3) is 5.55. The van der Waals surface area contributed by atoms with Crippen LogP contribution in [0.3, 0.4) is 0 Å². The molecule has 1 nitrogen and oxygen atoms in total. The summed E-state index contributed by atoms with van der Waals surface area (Å²) in [6, 6.07) is 0. The second-order valence-corrected chi connectivity index (χ2v) is 6.88. The molecule has 15 heavy (non-hydrogen) atoms. The van der Waals surface area contributed by atoms with E-state index in [0.717, 1.165) is 12.5 Å². The van der Waals surface area contributed by atoms with Crippen molar-refractivity contribution in [1.29, 1.82) is 0 Å². The molecule has 0 saturated heterocycles. The standard InChI is InChI=1S/C14H28O/c1-13(2,3)15-10-8-12-7-6-9-14(4,5)11-12/h12H,6-11H2,1-5H3. The third-order valence-electron chi connectivity index (χ3n) is 3.37. The summed E-state index contributed by atoms with van der Waals surface area (Å²) in [6.45, 7) is 12.2. The Hall–Kier alpha value is -0.0400. The first kappa shape index (κ1) is 13.0. The molecule has 1 saturated carbocycles. The molecular formula is C14H28O. The quantitative estimate of drug-likeness (QED) is 0.673. The molecule has 1 aliphatic carbocycles. The minimum Gasteiger partial charge on any atom is -0.376 e. The van der Waals surface area contributed by atoms with Crippen LogP contribution in [0.1, 0.15) is 66.7 Å². The Morgan fingerprint density at radius 3 is 2.47 bits per heavy atom. The summed E-state index contributed by atoms with van der Waals surface area (Å²) < 4.78 is 5.80. The van der Waals surface area contributed by atoms with Crippen molar-refractivity contribution in [2.45, 2.75) is 72.3 Å². The minimum absolute atomic E-state index is 0.0319. The molecular weight excluding hydrogens is 184 g/mol. The van der Waals surface area contributed by atoms with Crippen molar-refractivity contribution in [3.63, 3.8) is 0 Å². The summed E-state index contributed by atoms with van der Waals surface area (Å²) >= 11 is 0. The normalized spacial score (nSPS) is 26.6. The summed E-state index contributed by atoms with van der Waals surface area (Å²) in [4.78, 5) is 0. The Morgan fingerprint density at radius 1 is 1.27 bits per heavy atom. The maximum Gasteiger partial charge on any atom is 0.0598 e. The van der Waals surface area contributed by atoms with E-state index in [1.54, 1.807) is 0 Å². The number of rotatable bonds is 3. The monoisotopic (exact) mass is 212 g/mol. The Balaban J connectivity index is 2.22. The van der Waals surface area contributed by atoms with Gasteiger partial charge in [0.25, 0.3) is 0 Å². The molecule has 0 aromatic carbocycles. The molecule has 1 unspecified atom stereocenters. The van der Waals surface area contributed by atoms with Gasteiger partial charge in [0, 0.05) is 6.61 Å². The predicted octanol–water partition coefficient (Wildman–Crippen LogP) is 4.41. The fraction of sp³-hybridized carbons (Fsp3) is 1.00. The van der Waals surface area contributed by atoms with Gasteiger partial charge in [-0.2, -0.15) is 0 Å². The van der Waals surface area contributed by atoms with Crippen molar-refractivity contribution in [2.75, 3.05) is 6.61 Å². The van der Waals surface area contributed by atoms with Gasteiger partial charge in [-0.15, -0.1) is 0 Å². The average molecular weight is 212 g/mol. The van der Waals surface area contributed by atoms with Gasteiger partial charge in [-0.3, -0.25) is 0 Å². The molecule has 0 spiro atoms. The van der Waals surface area contributed by atoms with Crippen LogP contribution in [0.25, 0.3) is 0 Å². The van der Waals surface area contributed by atoms with Crippen molar-refractivity contribution in [3.8, 4) is 0 Å². The van der Waals surface area contributed by atoms with Gasteiger partial charge in [0.05, 0.1) is 5.60 Å². The van der Waals surface area contributed by atoms with Gasteiger partial charge in [0.2, 0.25) is 0 Å². The molecule has 1 aliphatic rings. The summed E-state index contributed by atoms with van der Waals surface area (Å²) in [5.41, 5.74) is 0.606. The van der Waals surface area contributed by atoms with E-state index in [9.17, 15) is 0 Å². The van der Waals surface area contributed by atoms with Gasteiger partial charge in [-0.1, -0.05) is 26.7 Å². The zero-order valence-corrected chi connectivity index (χ0v) is 11.2. The second-order valence-electron chi connectivity index (χ2n) is 6.88. The molecule has 0 aromatic heterocycles. The van der Waals surface area contributed by atoms with Crippen molar-refractivity contribution >= 4 is 0 Å². The number of ether oxygens (including phenoxy) is 1. The van der Waals surface area contributed by atoms with E-state index in [0.29, 0.717) is 5.41 Å². The summed E-state index contributed by atoms with van der Waals surface area (Å²) in [7, 11) is 0. The lowest BCUT2D eigenvalue weighted by Gasteiger charge is -2.35. The third-order valence-corrected chi connectivity index (χ3v) is 3.37. The topological polar surface area (TPSA) is 9.23 Å². The molecule has 1 rings (SSSR count). The Labute approximate surface area is 95.6 Å². The van der Waals surface area contributed by atoms with Crippen LogP contribution < -0.4 is 0 Å². The van der Waals surface area contributed by atoms with Crippen LogP contribution in [-0.4, -0.2) is 12.2 Å². The molecule has 1 atom stereocenters. The number of hydrogen-bond acceptors (Lipinski definition) is 1. The molecule has 0 radical (unpaired) electrons. The molecule has 1 heteroatoms. The van der Waals surface area contributed by atoms with Crippen LogP contribution in [0.15, 0.2) is 0 Å². The van der Waals surface area contributed by atoms with E-state index in [1.807, 2.05) is 0 Å². The molecule has 1 fully saturated rings. The van der Waals surface area contributed by atoms with Crippen LogP contribution in [-0.2, 0) is 4.74 Å². The minimum atomic E-state index is 0.0319. The average Bonchev–Trinajstić information content (AvgIpc) is 1.99. The van der Waals surface area contributed by atoms with Gasteiger partial charge in [-0.25, -0.2) is 0 Å². The maximum absolute atomic E-state index is 5.80. The SMILES string of the molecule is CC1(C)CCCC(CCOC(C)(C)C)C1. The van der Waals surface area contributed by atoms with Crippen LogP contribution in [0.5, 0.6) is 0 Å². The lowest BCUT2D eigenvalue weighted by atomic mass is 9.71. The first-order valence-corrected chi connectivity index (χ1v) is 6.42. The van der Waals surface area contributed by atoms with Crippen LogP contribution in [0.4, 0.5) is 0 Å². The van der Waals surface area contributed by atoms with E-state index >= 15 is 0 Å². The van der Waals surface area contributed by atoms with E-state index < -0.39 is 0 Å². The number of hydrogen-bond donors (Lipinski definition) is 0. The highest BCUT2D eigenvalue weighted by Gasteiger charge is 2.27. The summed E-state index contributed by atoms with van der Waals surface area (Å²) in [6.07, 6.45) is 6.87. The van der Waals surface area contributed by atoms with Crippen molar-refractivity contribution < 1.29 is 4.74 Å². The lowest BCUT2D eigenvalue weighted by Crippen LogP contribution is -2.25. The lowest BCUT2D eigenvalue weighted by molar-refractivity contribution is -0.0140. The maximum atomic E-state index is 5.80. The van der Waals surface area contributed by atoms with Crippen LogP contribution in [0, 0.1) is 11.3 Å². The Kier molecular flexibility index (Phi) is 4.22. The van der Waals surface area contributed by atoms with E-state index in [-0.39, 0.29) is 5.60 Å². The second kappa shape index (κ2) is 4.86. The molecule has 0 amide bonds. The zero-order valence-electron chi connectivity index (χ0n) is 11.2. The molecule has 0 heterocycles. The first-order chi connectivity index (χ1) is 6.79. The first-order valence-electron chi connectivity index (χ1n) is 6.42. The highest BCUT2D eigenvalue weighted by atomic mass is 16.5. The molecule has 0 aromatic rings. The van der Waals surface area contributed by atoms with Gasteiger partial charge < -0.3 is 4.74 Å². The van der Waals surface area contributed by atoms with Gasteiger partial charge in [0.1, 0.15) is 0 Å². The molecule has 90 valence electrons. The smallest absolute Gasteiger partial charge is 0.0598 e. The summed E-state index contributed by atoms with van der Waals surface area (Å²) in [5, 5.41) is 0. The largest absolute Gasteiger partial charge is 0.376 e. The van der Waals surface area contributed by atoms with Gasteiger partial charge in [-0.05, 0) is 51.4 Å². The zero-order chi connectivity index (χ0) is 11.5. The molecule has 0 bridgehead atoms. The van der Waals surface area contributed by atoms with Crippen LogP contribution in [0.2, 0.25) is 0 Å².